The minimum atomic E-state index is -1.03. The maximum Gasteiger partial charge on any atom is 0.338 e. The SMILES string of the molecule is Cc1cc(C(=O)O)cc(C(=O)OC2CCCCC2)c1. The number of hydrogen-bond donors (Lipinski definition) is 1. The average molecular weight is 262 g/mol. The number of carboxylic acids is 1. The Morgan fingerprint density at radius 2 is 1.74 bits per heavy atom. The normalized spacial score (nSPS) is 16.1. The highest BCUT2D eigenvalue weighted by molar-refractivity contribution is 5.95. The van der Waals surface area contributed by atoms with Gasteiger partial charge in [-0.15, -0.1) is 0 Å². The average Bonchev–Trinajstić information content (AvgIpc) is 2.39. The monoisotopic (exact) mass is 262 g/mol. The number of aromatic carboxylic acids is 1. The first-order valence-electron chi connectivity index (χ1n) is 6.62. The molecule has 2 rings (SSSR count). The summed E-state index contributed by atoms with van der Waals surface area (Å²) in [4.78, 5) is 23.0. The predicted molar refractivity (Wildman–Crippen MR) is 70.4 cm³/mol. The Morgan fingerprint density at radius 1 is 1.11 bits per heavy atom. The molecule has 0 saturated heterocycles. The molecule has 0 heterocycles. The van der Waals surface area contributed by atoms with Gasteiger partial charge in [0.2, 0.25) is 0 Å². The van der Waals surface area contributed by atoms with Crippen molar-refractivity contribution in [3.63, 3.8) is 0 Å². The standard InChI is InChI=1S/C15H18O4/c1-10-7-11(14(16)17)9-12(8-10)15(18)19-13-5-3-2-4-6-13/h7-9,13H,2-6H2,1H3,(H,16,17). The highest BCUT2D eigenvalue weighted by Gasteiger charge is 2.19. The van der Waals surface area contributed by atoms with E-state index in [1.165, 1.54) is 12.5 Å². The van der Waals surface area contributed by atoms with Gasteiger partial charge >= 0.3 is 11.9 Å². The molecule has 0 amide bonds. The minimum absolute atomic E-state index is 0.0185. The van der Waals surface area contributed by atoms with E-state index in [1.807, 2.05) is 0 Å². The molecule has 19 heavy (non-hydrogen) atoms. The third-order valence-electron chi connectivity index (χ3n) is 3.39. The molecule has 0 unspecified atom stereocenters. The molecule has 1 saturated carbocycles. The molecule has 1 N–H and O–H groups in total. The number of carboxylic acid groups (broad SMARTS) is 1. The summed E-state index contributed by atoms with van der Waals surface area (Å²) in [5.74, 6) is -1.45. The first-order chi connectivity index (χ1) is 9.06. The largest absolute Gasteiger partial charge is 0.478 e. The maximum absolute atomic E-state index is 12.0. The Labute approximate surface area is 112 Å². The lowest BCUT2D eigenvalue weighted by Crippen LogP contribution is -2.21. The molecule has 0 aliphatic heterocycles. The minimum Gasteiger partial charge on any atom is -0.478 e. The van der Waals surface area contributed by atoms with Gasteiger partial charge in [-0.05, 0) is 56.4 Å². The molecule has 0 bridgehead atoms. The summed E-state index contributed by atoms with van der Waals surface area (Å²) in [6, 6.07) is 4.58. The van der Waals surface area contributed by atoms with Gasteiger partial charge in [0.15, 0.2) is 0 Å². The van der Waals surface area contributed by atoms with Crippen molar-refractivity contribution in [3.05, 3.63) is 34.9 Å². The van der Waals surface area contributed by atoms with Crippen LogP contribution in [0.25, 0.3) is 0 Å². The van der Waals surface area contributed by atoms with Crippen LogP contribution in [0.2, 0.25) is 0 Å². The van der Waals surface area contributed by atoms with Gasteiger partial charge in [-0.2, -0.15) is 0 Å². The number of carbonyl (C=O) groups is 2. The fourth-order valence-corrected chi connectivity index (χ4v) is 2.43. The van der Waals surface area contributed by atoms with Gasteiger partial charge in [0.05, 0.1) is 11.1 Å². The topological polar surface area (TPSA) is 63.6 Å². The maximum atomic E-state index is 12.0. The van der Waals surface area contributed by atoms with Gasteiger partial charge in [0.25, 0.3) is 0 Å². The quantitative estimate of drug-likeness (QED) is 0.850. The van der Waals surface area contributed by atoms with E-state index in [4.69, 9.17) is 9.84 Å². The zero-order chi connectivity index (χ0) is 13.8. The van der Waals surface area contributed by atoms with E-state index in [0.717, 1.165) is 31.2 Å². The lowest BCUT2D eigenvalue weighted by molar-refractivity contribution is 0.0211. The van der Waals surface area contributed by atoms with Crippen LogP contribution in [0.3, 0.4) is 0 Å². The molecule has 1 aromatic carbocycles. The van der Waals surface area contributed by atoms with E-state index in [2.05, 4.69) is 0 Å². The number of rotatable bonds is 3. The van der Waals surface area contributed by atoms with Crippen molar-refractivity contribution in [3.8, 4) is 0 Å². The van der Waals surface area contributed by atoms with Crippen molar-refractivity contribution in [2.75, 3.05) is 0 Å². The zero-order valence-corrected chi connectivity index (χ0v) is 11.0. The fourth-order valence-electron chi connectivity index (χ4n) is 2.43. The molecule has 4 heteroatoms. The molecule has 0 atom stereocenters. The molecule has 0 spiro atoms. The van der Waals surface area contributed by atoms with E-state index >= 15 is 0 Å². The van der Waals surface area contributed by atoms with E-state index in [9.17, 15) is 9.59 Å². The zero-order valence-electron chi connectivity index (χ0n) is 11.0. The predicted octanol–water partition coefficient (Wildman–Crippen LogP) is 3.18. The molecular weight excluding hydrogens is 244 g/mol. The summed E-state index contributed by atoms with van der Waals surface area (Å²) < 4.78 is 5.44. The van der Waals surface area contributed by atoms with E-state index < -0.39 is 11.9 Å². The number of benzene rings is 1. The molecular formula is C15H18O4. The highest BCUT2D eigenvalue weighted by Crippen LogP contribution is 2.22. The van der Waals surface area contributed by atoms with Crippen LogP contribution in [0.5, 0.6) is 0 Å². The van der Waals surface area contributed by atoms with Gasteiger partial charge < -0.3 is 9.84 Å². The summed E-state index contributed by atoms with van der Waals surface area (Å²) in [6.45, 7) is 1.77. The lowest BCUT2D eigenvalue weighted by Gasteiger charge is -2.21. The summed E-state index contributed by atoms with van der Waals surface area (Å²) in [5, 5.41) is 8.98. The number of carbonyl (C=O) groups excluding carboxylic acids is 1. The molecule has 0 radical (unpaired) electrons. The van der Waals surface area contributed by atoms with E-state index in [0.29, 0.717) is 5.56 Å². The van der Waals surface area contributed by atoms with Gasteiger partial charge in [-0.3, -0.25) is 0 Å². The Balaban J connectivity index is 2.11. The molecule has 0 aromatic heterocycles. The van der Waals surface area contributed by atoms with Crippen LogP contribution in [0.15, 0.2) is 18.2 Å². The third-order valence-corrected chi connectivity index (χ3v) is 3.39. The number of hydrogen-bond acceptors (Lipinski definition) is 3. The van der Waals surface area contributed by atoms with Crippen molar-refractivity contribution < 1.29 is 19.4 Å². The second-order valence-electron chi connectivity index (χ2n) is 5.06. The van der Waals surface area contributed by atoms with Crippen LogP contribution in [-0.2, 0) is 4.74 Å². The van der Waals surface area contributed by atoms with Crippen molar-refractivity contribution in [1.82, 2.24) is 0 Å². The Morgan fingerprint density at radius 3 is 2.37 bits per heavy atom. The third kappa shape index (κ3) is 3.56. The summed E-state index contributed by atoms with van der Waals surface area (Å²) >= 11 is 0. The molecule has 4 nitrogen and oxygen atoms in total. The molecule has 1 aliphatic rings. The Bertz CT molecular complexity index is 487. The van der Waals surface area contributed by atoms with Gasteiger partial charge in [0.1, 0.15) is 6.10 Å². The Hall–Kier alpha value is -1.84. The smallest absolute Gasteiger partial charge is 0.338 e. The van der Waals surface area contributed by atoms with Crippen molar-refractivity contribution in [2.24, 2.45) is 0 Å². The van der Waals surface area contributed by atoms with Crippen LogP contribution in [0.1, 0.15) is 58.4 Å². The second-order valence-corrected chi connectivity index (χ2v) is 5.06. The van der Waals surface area contributed by atoms with Crippen LogP contribution >= 0.6 is 0 Å². The fraction of sp³-hybridized carbons (Fsp3) is 0.467. The van der Waals surface area contributed by atoms with Crippen LogP contribution < -0.4 is 0 Å². The van der Waals surface area contributed by atoms with Crippen LogP contribution in [0.4, 0.5) is 0 Å². The van der Waals surface area contributed by atoms with Crippen molar-refractivity contribution in [2.45, 2.75) is 45.1 Å². The van der Waals surface area contributed by atoms with Gasteiger partial charge in [-0.1, -0.05) is 6.42 Å². The van der Waals surface area contributed by atoms with Crippen molar-refractivity contribution in [1.29, 1.82) is 0 Å². The summed E-state index contributed by atoms with van der Waals surface area (Å²) in [7, 11) is 0. The Kier molecular flexibility index (Phi) is 4.20. The number of esters is 1. The van der Waals surface area contributed by atoms with Crippen LogP contribution in [0, 0.1) is 6.92 Å². The van der Waals surface area contributed by atoms with Crippen LogP contribution in [-0.4, -0.2) is 23.1 Å². The lowest BCUT2D eigenvalue weighted by atomic mass is 9.97. The molecule has 102 valence electrons. The van der Waals surface area contributed by atoms with Gasteiger partial charge in [-0.25, -0.2) is 9.59 Å². The van der Waals surface area contributed by atoms with Gasteiger partial charge in [0, 0.05) is 0 Å². The summed E-state index contributed by atoms with van der Waals surface area (Å²) in [5.41, 5.74) is 1.19. The molecule has 1 aromatic rings. The van der Waals surface area contributed by atoms with E-state index in [-0.39, 0.29) is 11.7 Å². The van der Waals surface area contributed by atoms with Crippen molar-refractivity contribution >= 4 is 11.9 Å². The molecule has 1 aliphatic carbocycles. The first-order valence-corrected chi connectivity index (χ1v) is 6.62. The molecule has 1 fully saturated rings. The second kappa shape index (κ2) is 5.87. The van der Waals surface area contributed by atoms with E-state index in [1.54, 1.807) is 19.1 Å². The number of ether oxygens (including phenoxy) is 1. The first kappa shape index (κ1) is 13.6. The number of aryl methyl sites for hydroxylation is 1. The highest BCUT2D eigenvalue weighted by atomic mass is 16.5. The summed E-state index contributed by atoms with van der Waals surface area (Å²) in [6.07, 6.45) is 5.17.